The fourth-order valence-corrected chi connectivity index (χ4v) is 9.18. The summed E-state index contributed by atoms with van der Waals surface area (Å²) in [5, 5.41) is 9.17. The quantitative estimate of drug-likeness (QED) is 0.0114. The molecular weight excluding hydrogens is 4100 g/mol. The molecule has 0 saturated heterocycles. The van der Waals surface area contributed by atoms with Gasteiger partial charge in [0, 0.05) is 56.5 Å². The van der Waals surface area contributed by atoms with Gasteiger partial charge in [-0.25, -0.2) is 103 Å². The van der Waals surface area contributed by atoms with E-state index in [1.54, 1.807) is 0 Å². The Morgan fingerprint density at radius 1 is 0.325 bits per heavy atom. The molecule has 3 atom stereocenters. The second kappa shape index (κ2) is 70.9. The Labute approximate surface area is 665 Å². The number of rotatable bonds is 54. The number of aliphatic hydroxyl groups excluding tert-OH is 1. The number of carbonyl (C=O) groups excluding carboxylic acids is 5. The number of hydrogen-bond acceptors (Lipinski definition) is 18. The average molecular weight is 4200 g/mol. The van der Waals surface area contributed by atoms with Gasteiger partial charge in [0.25, 0.3) is 0 Å². The molecule has 0 amide bonds. The predicted molar refractivity (Wildman–Crippen MR) is 376 cm³/mol. The van der Waals surface area contributed by atoms with Crippen molar-refractivity contribution in [2.75, 3.05) is 106 Å². The van der Waals surface area contributed by atoms with Gasteiger partial charge in [0.15, 0.2) is 53.3 Å². The normalized spacial score (nSPS) is 12.1. The zero-order chi connectivity index (χ0) is 93.4. The fourth-order valence-electron chi connectivity index (χ4n) is 6.01. The molecule has 0 heterocycles. The van der Waals surface area contributed by atoms with Crippen LogP contribution < -0.4 is 0 Å². The van der Waals surface area contributed by atoms with Crippen LogP contribution in [0.4, 0.5) is 119 Å². The summed E-state index contributed by atoms with van der Waals surface area (Å²) < 4.78 is 383. The van der Waals surface area contributed by atoms with E-state index in [9.17, 15) is 143 Å². The molecule has 0 rings (SSSR count). The number of ether oxygens (including phenoxy) is 12. The van der Waals surface area contributed by atoms with Crippen LogP contribution in [0.1, 0.15) is 54.9 Å². The Balaban J connectivity index is -0.0000000799. The number of aliphatic hydroxyl groups is 1. The van der Waals surface area contributed by atoms with Crippen LogP contribution in [-0.2, 0) is 80.8 Å². The van der Waals surface area contributed by atoms with Gasteiger partial charge < -0.3 is 101 Å². The Morgan fingerprint density at radius 3 is 0.857 bits per heavy atom. The van der Waals surface area contributed by atoms with Crippen LogP contribution in [0.5, 0.6) is 0 Å². The van der Waals surface area contributed by atoms with Crippen molar-refractivity contribution in [2.24, 2.45) is 5.92 Å². The molecule has 0 saturated carbocycles. The molecule has 0 spiro atoms. The summed E-state index contributed by atoms with van der Waals surface area (Å²) in [5.74, 6) is -37.8. The molecule has 0 aliphatic carbocycles. The minimum absolute atomic E-state index is 0. The zero-order valence-corrected chi connectivity index (χ0v) is 132. The van der Waals surface area contributed by atoms with E-state index in [2.05, 4.69) is 90.4 Å². The smallest absolute Gasteiger partial charge is 0.333 e. The largest absolute Gasteiger partial charge is 0.460 e. The summed E-state index contributed by atoms with van der Waals surface area (Å²) in [4.78, 5) is 54.4. The van der Waals surface area contributed by atoms with Crippen LogP contribution in [0.25, 0.3) is 0 Å². The van der Waals surface area contributed by atoms with E-state index >= 15 is 0 Å². The molecule has 0 radical (unpaired) electrons. The van der Waals surface area contributed by atoms with E-state index in [0.29, 0.717) is 6.04 Å². The van der Waals surface area contributed by atoms with Gasteiger partial charge in [0.1, 0.15) is 37.6 Å². The minimum atomic E-state index is -3.85. The topological polar surface area (TPSA) is 216 Å². The third-order valence-corrected chi connectivity index (χ3v) is 15.2. The standard InChI is InChI=1S/C13H16F6O4.C13H22F6O2Si.C10H14F3O4.C10H14F3O3.C9H18F3OSi.C8H10F3O2.C7H8F3O2.9Rf/c1-9(2)11(20)23-10(3-21-7-12(16,17)5-14)4-22-8-13(18,19)6-15;1-22(2,3)6-11(4-20-9-12(16,17)7-14)5-21-10-13(18,19)8-15;1-7(2)9(15)17-4-8(14)3-16-6-10(12,13)5-11;1-7(2)9(14)16-8(3)4-15-6-10(12,13)5-11;1-14(2,3)6-4-5-13-8-9(11,12)7-10;1-5(2)7(12)13-6(3)8(10,11)4-9;1-5(2)6(11)12-4-7(9,10)3-8;;;;;;;;;/h5-6,10H,1,3-4,7-8H2,2H3;7-8,11H,4-6,9-10H2,1-3H3;5,8,14H,1,3-4,6H2,2H3;5,8H,1,4,6H2,2-3H3;7H,4-6,8H2,1-3H3;4,6H,1H2,2-3H3;3H,1,4H2,2H3;;;;;;;;;/q2*-2;5*-1;;;;;;;;;. The summed E-state index contributed by atoms with van der Waals surface area (Å²) in [5.41, 5.74) is 0.289. The van der Waals surface area contributed by atoms with E-state index in [1.807, 2.05) is 19.6 Å². The monoisotopic (exact) mass is 4200 g/mol. The maximum Gasteiger partial charge on any atom is 0.333 e. The third-order valence-electron chi connectivity index (χ3n) is 11.5. The summed E-state index contributed by atoms with van der Waals surface area (Å²) in [6, 6.07) is 1.63. The van der Waals surface area contributed by atoms with Gasteiger partial charge in [0.05, 0.1) is 85.9 Å². The van der Waals surface area contributed by atoms with Gasteiger partial charge in [-0.2, -0.15) is 0 Å². The van der Waals surface area contributed by atoms with Gasteiger partial charge in [-0.05, 0) is 54.9 Å². The van der Waals surface area contributed by atoms with Crippen LogP contribution in [0.3, 0.4) is 0 Å². The summed E-state index contributed by atoms with van der Waals surface area (Å²) in [6.07, 6.45) is -4.35. The molecule has 3 unspecified atom stereocenters. The average Bonchev–Trinajstić information content (AvgIpc) is 0.880. The molecule has 126 heavy (non-hydrogen) atoms. The molecule has 0 aliphatic rings. The van der Waals surface area contributed by atoms with Crippen LogP contribution in [0.2, 0.25) is 51.4 Å². The molecule has 0 fully saturated rings. The maximum atomic E-state index is 12.7. The first-order chi connectivity index (χ1) is 53.0. The first-order valence-electron chi connectivity index (χ1n) is 33.4. The molecule has 714 valence electrons. The number of halogens is 27. The van der Waals surface area contributed by atoms with Crippen LogP contribution >= 0.6 is 0 Å². The van der Waals surface area contributed by atoms with Gasteiger partial charge in [-0.3, -0.25) is 0 Å². The van der Waals surface area contributed by atoms with E-state index < -0.39 is 269 Å². The molecule has 1 N–H and O–H groups in total. The van der Waals surface area contributed by atoms with Crippen molar-refractivity contribution in [3.05, 3.63) is 121 Å². The Kier molecular flexibility index (Phi) is 83.9. The van der Waals surface area contributed by atoms with E-state index in [-0.39, 0.29) is 54.3 Å². The van der Waals surface area contributed by atoms with Crippen molar-refractivity contribution >= 4 is 46.0 Å². The van der Waals surface area contributed by atoms with Crippen molar-refractivity contribution < 1.29 is 204 Å². The van der Waals surface area contributed by atoms with Gasteiger partial charge in [0.2, 0.25) is 0 Å². The first-order valence-corrected chi connectivity index (χ1v) is 40.8. The number of esters is 5. The second-order valence-corrected chi connectivity index (χ2v) is 38.4. The number of hydrogen-bond donors (Lipinski definition) is 1. The van der Waals surface area contributed by atoms with E-state index in [0.717, 1.165) is 19.4 Å². The molecule has 18 nitrogen and oxygen atoms in total. The molecular formula is C70H102F27O18Rf9Si2-9. The van der Waals surface area contributed by atoms with Crippen LogP contribution in [0.15, 0.2) is 60.8 Å². The number of carbonyl (C=O) groups is 5. The van der Waals surface area contributed by atoms with Crippen molar-refractivity contribution in [1.29, 1.82) is 0 Å². The molecule has 0 bridgehead atoms. The molecule has 0 aliphatic heterocycles. The molecule has 0 aromatic rings. The number of alkyl halides is 18. The van der Waals surface area contributed by atoms with Crippen LogP contribution in [0, 0.1) is 66.0 Å². The fraction of sp³-hybridized carbons (Fsp3) is 0.657. The van der Waals surface area contributed by atoms with Gasteiger partial charge >= 0.3 is 29.8 Å². The van der Waals surface area contributed by atoms with Gasteiger partial charge in [-0.1, -0.05) is 144 Å². The van der Waals surface area contributed by atoms with Crippen molar-refractivity contribution in [2.45, 2.75) is 184 Å². The van der Waals surface area contributed by atoms with Crippen molar-refractivity contribution in [3.8, 4) is 0 Å². The second-order valence-electron chi connectivity index (χ2n) is 27.2. The summed E-state index contributed by atoms with van der Waals surface area (Å²) >= 11 is 0. The molecule has 56 heteroatoms. The zero-order valence-electron chi connectivity index (χ0n) is 72.5. The van der Waals surface area contributed by atoms with E-state index in [4.69, 9.17) is 24.1 Å². The summed E-state index contributed by atoms with van der Waals surface area (Å²) in [6.45, 7) is 19.1. The third kappa shape index (κ3) is 91.6. The van der Waals surface area contributed by atoms with Crippen LogP contribution in [-0.4, -0.2) is 235 Å². The van der Waals surface area contributed by atoms with E-state index in [1.165, 1.54) is 41.5 Å². The van der Waals surface area contributed by atoms with Crippen molar-refractivity contribution in [3.63, 3.8) is 0 Å². The maximum absolute atomic E-state index is 12.7. The van der Waals surface area contributed by atoms with Crippen molar-refractivity contribution in [1.82, 2.24) is 0 Å². The Bertz CT molecular complexity index is 2790. The Hall–Kier alpha value is -14.7. The SMILES string of the molecule is C=C(C)C(=O)OC(C)C(F)(F)[CH-]F.C=C(C)C(=O)OC(C)COCC(F)(F)[CH-]F.C=C(C)C(=O)OC(COCC(F)(F)[CH-]F)COCC(F)(F)[CH-]F.C=C(C)C(=O)OCC(F)(F)[CH-]F.C=C(C)C(=O)OCC(O)COCC(F)(F)[CH-]F.C[Si](C)(C)CC(COCC(F)(F)[CH-]F)COCC(F)(F)[CH-]F.C[Si](C)(C)CCCOCC(F)(F)[CH-]F.[Rf].[Rf].[Rf].[Rf].[Rf].[Rf].[Rf].[Rf].[Rf]. The minimum Gasteiger partial charge on any atom is -0.460 e. The molecule has 0 aromatic heterocycles. The first kappa shape index (κ1) is 149. The summed E-state index contributed by atoms with van der Waals surface area (Å²) in [7, 11) is -2.74. The molecule has 0 aromatic carbocycles. The van der Waals surface area contributed by atoms with Gasteiger partial charge in [-0.15, -0.1) is 0 Å². The Morgan fingerprint density at radius 2 is 0.579 bits per heavy atom. The predicted octanol–water partition coefficient (Wildman–Crippen LogP) is 18.7.